The molecule has 7 rings (SSSR count). The molecule has 0 radical (unpaired) electrons. The van der Waals surface area contributed by atoms with Crippen molar-refractivity contribution in [1.29, 1.82) is 0 Å². The second-order valence-corrected chi connectivity index (χ2v) is 16.9. The summed E-state index contributed by atoms with van der Waals surface area (Å²) in [6, 6.07) is 15.8. The van der Waals surface area contributed by atoms with Gasteiger partial charge in [-0.1, -0.05) is 62.6 Å². The zero-order valence-electron chi connectivity index (χ0n) is 32.8. The Morgan fingerprint density at radius 3 is 2.35 bits per heavy atom. The lowest BCUT2D eigenvalue weighted by Gasteiger charge is -2.31. The lowest BCUT2D eigenvalue weighted by atomic mass is 9.98. The minimum absolute atomic E-state index is 0.0169. The maximum atomic E-state index is 14.6. The van der Waals surface area contributed by atoms with Crippen molar-refractivity contribution >= 4 is 50.7 Å². The molecule has 4 heterocycles. The van der Waals surface area contributed by atoms with Crippen LogP contribution in [0.2, 0.25) is 5.02 Å². The molecular formula is C42H50ClN7O6S. The number of aromatic nitrogens is 2. The van der Waals surface area contributed by atoms with Gasteiger partial charge < -0.3 is 24.8 Å². The smallest absolute Gasteiger partial charge is 0.275 e. The van der Waals surface area contributed by atoms with Gasteiger partial charge in [0.05, 0.1) is 40.9 Å². The van der Waals surface area contributed by atoms with E-state index in [9.17, 15) is 22.8 Å². The topological polar surface area (TPSA) is 146 Å². The summed E-state index contributed by atoms with van der Waals surface area (Å²) in [7, 11) is -4.39. The van der Waals surface area contributed by atoms with Gasteiger partial charge in [0.1, 0.15) is 4.90 Å². The standard InChI is InChI=1S/C42H50ClN7O6S/c1-4-6-17-48(18-7-5-2)42(53)39-38(43)28(3)50(45-39)35-13-12-31(24-33(35)41(52)49-19-15-29-10-8-9-11-32(29)27-49)40(51)46-57(54,55)37-26-34-30(14-16-44-34)25-36(37)47-20-22-56-23-21-47/h8-13,24-26,44H,4-7,14-23,27H2,1-3H3,(H,46,51). The van der Waals surface area contributed by atoms with Crippen LogP contribution in [-0.4, -0.2) is 98.2 Å². The zero-order valence-corrected chi connectivity index (χ0v) is 34.3. The highest BCUT2D eigenvalue weighted by atomic mass is 35.5. The number of carbonyl (C=O) groups excluding carboxylic acids is 3. The molecule has 0 spiro atoms. The summed E-state index contributed by atoms with van der Waals surface area (Å²) in [6.07, 6.45) is 4.92. The molecule has 4 aromatic rings. The van der Waals surface area contributed by atoms with Gasteiger partial charge in [-0.05, 0) is 79.6 Å². The summed E-state index contributed by atoms with van der Waals surface area (Å²) in [4.78, 5) is 48.0. The summed E-state index contributed by atoms with van der Waals surface area (Å²) in [6.45, 7) is 10.4. The molecular weight excluding hydrogens is 766 g/mol. The molecule has 0 atom stereocenters. The Bertz CT molecular complexity index is 2280. The third-order valence-electron chi connectivity index (χ3n) is 11.0. The number of hydrogen-bond acceptors (Lipinski definition) is 9. The van der Waals surface area contributed by atoms with Crippen LogP contribution in [0.25, 0.3) is 5.69 Å². The second kappa shape index (κ2) is 17.3. The molecule has 0 bridgehead atoms. The number of morpholine rings is 1. The fraction of sp³-hybridized carbons (Fsp3) is 0.429. The van der Waals surface area contributed by atoms with Crippen molar-refractivity contribution in [3.05, 3.63) is 98.8 Å². The van der Waals surface area contributed by atoms with Crippen LogP contribution in [0.1, 0.15) is 93.1 Å². The number of carbonyl (C=O) groups is 3. The highest BCUT2D eigenvalue weighted by Crippen LogP contribution is 2.35. The van der Waals surface area contributed by atoms with Gasteiger partial charge in [0.15, 0.2) is 5.69 Å². The first kappa shape index (κ1) is 40.3. The third-order valence-corrected chi connectivity index (χ3v) is 12.8. The van der Waals surface area contributed by atoms with Gasteiger partial charge in [0.25, 0.3) is 27.7 Å². The molecule has 3 aliphatic heterocycles. The molecule has 3 aliphatic rings. The Hall–Kier alpha value is -4.92. The monoisotopic (exact) mass is 815 g/mol. The van der Waals surface area contributed by atoms with E-state index in [0.29, 0.717) is 88.2 Å². The first-order valence-electron chi connectivity index (χ1n) is 19.9. The van der Waals surface area contributed by atoms with Crippen LogP contribution >= 0.6 is 11.6 Å². The Morgan fingerprint density at radius 1 is 0.912 bits per heavy atom. The maximum Gasteiger partial charge on any atom is 0.275 e. The number of halogens is 1. The summed E-state index contributed by atoms with van der Waals surface area (Å²) >= 11 is 6.85. The average Bonchev–Trinajstić information content (AvgIpc) is 3.82. The largest absolute Gasteiger partial charge is 0.384 e. The number of nitrogens with zero attached hydrogens (tertiary/aromatic N) is 5. The predicted molar refractivity (Wildman–Crippen MR) is 220 cm³/mol. The van der Waals surface area contributed by atoms with Crippen LogP contribution in [0.4, 0.5) is 11.4 Å². The van der Waals surface area contributed by atoms with E-state index in [1.54, 1.807) is 28.9 Å². The summed E-state index contributed by atoms with van der Waals surface area (Å²) in [5.41, 5.74) is 5.33. The lowest BCUT2D eigenvalue weighted by Crippen LogP contribution is -2.38. The van der Waals surface area contributed by atoms with E-state index in [1.165, 1.54) is 16.8 Å². The number of nitrogens with one attached hydrogen (secondary N) is 2. The normalized spacial score (nSPS) is 15.2. The molecule has 2 N–H and O–H groups in total. The average molecular weight is 816 g/mol. The van der Waals surface area contributed by atoms with Crippen LogP contribution in [0.15, 0.2) is 59.5 Å². The zero-order chi connectivity index (χ0) is 40.3. The molecule has 0 aliphatic carbocycles. The van der Waals surface area contributed by atoms with Gasteiger partial charge in [0, 0.05) is 57.1 Å². The Balaban J connectivity index is 1.26. The van der Waals surface area contributed by atoms with Crippen molar-refractivity contribution in [1.82, 2.24) is 24.3 Å². The fourth-order valence-electron chi connectivity index (χ4n) is 7.71. The molecule has 13 nitrogen and oxygen atoms in total. The summed E-state index contributed by atoms with van der Waals surface area (Å²) in [5, 5.41) is 8.12. The van der Waals surface area contributed by atoms with Crippen molar-refractivity contribution in [2.75, 3.05) is 62.7 Å². The predicted octanol–water partition coefficient (Wildman–Crippen LogP) is 6.00. The molecule has 15 heteroatoms. The molecule has 0 unspecified atom stereocenters. The molecule has 57 heavy (non-hydrogen) atoms. The van der Waals surface area contributed by atoms with Gasteiger partial charge in [-0.15, -0.1) is 0 Å². The Morgan fingerprint density at radius 2 is 1.63 bits per heavy atom. The number of rotatable bonds is 13. The van der Waals surface area contributed by atoms with Gasteiger partial charge >= 0.3 is 0 Å². The first-order chi connectivity index (χ1) is 27.5. The SMILES string of the molecule is CCCCN(CCCC)C(=O)c1nn(-c2ccc(C(=O)NS(=O)(=O)c3cc4c(cc3N3CCOCC3)CCN4)cc2C(=O)N2CCc3ccccc3C2)c(C)c1Cl. The minimum Gasteiger partial charge on any atom is -0.384 e. The lowest BCUT2D eigenvalue weighted by molar-refractivity contribution is 0.0732. The van der Waals surface area contributed by atoms with Crippen LogP contribution in [0.5, 0.6) is 0 Å². The van der Waals surface area contributed by atoms with E-state index in [0.717, 1.165) is 48.8 Å². The molecule has 1 fully saturated rings. The molecule has 1 saturated heterocycles. The van der Waals surface area contributed by atoms with E-state index in [-0.39, 0.29) is 38.6 Å². The van der Waals surface area contributed by atoms with Crippen molar-refractivity contribution in [2.24, 2.45) is 0 Å². The van der Waals surface area contributed by atoms with E-state index in [2.05, 4.69) is 23.9 Å². The first-order valence-corrected chi connectivity index (χ1v) is 21.7. The van der Waals surface area contributed by atoms with E-state index < -0.39 is 15.9 Å². The Labute approximate surface area is 339 Å². The van der Waals surface area contributed by atoms with Gasteiger partial charge in [0.2, 0.25) is 0 Å². The van der Waals surface area contributed by atoms with Crippen molar-refractivity contribution in [3.8, 4) is 5.69 Å². The van der Waals surface area contributed by atoms with E-state index in [4.69, 9.17) is 21.4 Å². The molecule has 0 saturated carbocycles. The van der Waals surface area contributed by atoms with Gasteiger partial charge in [-0.25, -0.2) is 17.8 Å². The quantitative estimate of drug-likeness (QED) is 0.166. The highest BCUT2D eigenvalue weighted by Gasteiger charge is 2.32. The Kier molecular flexibility index (Phi) is 12.2. The van der Waals surface area contributed by atoms with Crippen molar-refractivity contribution in [3.63, 3.8) is 0 Å². The number of benzene rings is 3. The number of anilines is 2. The minimum atomic E-state index is -4.39. The number of fused-ring (bicyclic) bond motifs is 2. The van der Waals surface area contributed by atoms with Crippen molar-refractivity contribution in [2.45, 2.75) is 70.7 Å². The second-order valence-electron chi connectivity index (χ2n) is 14.8. The number of unbranched alkanes of at least 4 members (excludes halogenated alkanes) is 2. The summed E-state index contributed by atoms with van der Waals surface area (Å²) < 4.78 is 37.5. The number of amides is 3. The molecule has 3 aromatic carbocycles. The number of sulfonamides is 1. The molecule has 302 valence electrons. The molecule has 3 amide bonds. The number of ether oxygens (including phenoxy) is 1. The van der Waals surface area contributed by atoms with E-state index in [1.807, 2.05) is 35.2 Å². The van der Waals surface area contributed by atoms with Gasteiger partial charge in [-0.3, -0.25) is 14.4 Å². The van der Waals surface area contributed by atoms with E-state index >= 15 is 0 Å². The highest BCUT2D eigenvalue weighted by molar-refractivity contribution is 7.90. The van der Waals surface area contributed by atoms with Crippen LogP contribution < -0.4 is 14.9 Å². The molecule has 1 aromatic heterocycles. The van der Waals surface area contributed by atoms with Crippen LogP contribution in [0, 0.1) is 6.92 Å². The summed E-state index contributed by atoms with van der Waals surface area (Å²) in [5.74, 6) is -1.55. The van der Waals surface area contributed by atoms with Crippen LogP contribution in [-0.2, 0) is 34.1 Å². The third kappa shape index (κ3) is 8.39. The number of hydrogen-bond donors (Lipinski definition) is 2. The van der Waals surface area contributed by atoms with Gasteiger partial charge in [-0.2, -0.15) is 5.10 Å². The van der Waals surface area contributed by atoms with Crippen molar-refractivity contribution < 1.29 is 27.5 Å². The van der Waals surface area contributed by atoms with Crippen LogP contribution in [0.3, 0.4) is 0 Å². The maximum absolute atomic E-state index is 14.6. The fourth-order valence-corrected chi connectivity index (χ4v) is 9.11.